The van der Waals surface area contributed by atoms with Crippen molar-refractivity contribution in [1.82, 2.24) is 0 Å². The lowest BCUT2D eigenvalue weighted by Crippen LogP contribution is -2.09. The molecule has 0 atom stereocenters. The SMILES string of the molecule is c1ccc2c(c1)ccc1ccc(N(c3ccc(-c4cccc5c4ccc4ccccc45)cc3)c3ccc4c(c3)oc3c5ccccc5ccc43)cc12. The molecule has 1 aromatic heterocycles. The molecule has 0 N–H and O–H groups in total. The van der Waals surface area contributed by atoms with Gasteiger partial charge in [0.15, 0.2) is 0 Å². The molecule has 11 rings (SSSR count). The molecule has 0 radical (unpaired) electrons. The molecule has 2 nitrogen and oxygen atoms in total. The summed E-state index contributed by atoms with van der Waals surface area (Å²) >= 11 is 0. The number of nitrogens with zero attached hydrogens (tertiary/aromatic N) is 1. The van der Waals surface area contributed by atoms with E-state index in [0.29, 0.717) is 0 Å². The highest BCUT2D eigenvalue weighted by atomic mass is 16.3. The van der Waals surface area contributed by atoms with Crippen LogP contribution in [-0.2, 0) is 0 Å². The maximum absolute atomic E-state index is 6.68. The Hall–Kier alpha value is -6.90. The van der Waals surface area contributed by atoms with Gasteiger partial charge in [0, 0.05) is 39.3 Å². The summed E-state index contributed by atoms with van der Waals surface area (Å²) in [5, 5.41) is 14.6. The molecule has 0 aliphatic carbocycles. The van der Waals surface area contributed by atoms with Crippen molar-refractivity contribution in [3.63, 3.8) is 0 Å². The third-order valence-electron chi connectivity index (χ3n) is 10.8. The molecule has 52 heavy (non-hydrogen) atoms. The molecule has 0 aliphatic rings. The van der Waals surface area contributed by atoms with Gasteiger partial charge in [0.1, 0.15) is 11.2 Å². The van der Waals surface area contributed by atoms with Crippen molar-refractivity contribution < 1.29 is 4.42 Å². The number of hydrogen-bond acceptors (Lipinski definition) is 2. The number of benzene rings is 10. The quantitative estimate of drug-likeness (QED) is 0.175. The first-order valence-electron chi connectivity index (χ1n) is 17.8. The lowest BCUT2D eigenvalue weighted by molar-refractivity contribution is 0.672. The minimum Gasteiger partial charge on any atom is -0.455 e. The molecule has 2 heteroatoms. The van der Waals surface area contributed by atoms with Crippen molar-refractivity contribution in [3.05, 3.63) is 188 Å². The van der Waals surface area contributed by atoms with E-state index < -0.39 is 0 Å². The average molecular weight is 662 g/mol. The lowest BCUT2D eigenvalue weighted by Gasteiger charge is -2.26. The zero-order chi connectivity index (χ0) is 34.2. The molecule has 0 bridgehead atoms. The standard InChI is InChI=1S/C50H31NO/c1-4-11-40-33(9-1)21-27-45-41(14-7-15-44(40)45)35-18-23-37(24-19-35)51(38-25-20-36-17-16-32-8-2-5-12-42(32)48(36)30-38)39-26-29-46-47-28-22-34-10-3-6-13-43(34)50(47)52-49(46)31-39/h1-31H. The molecule has 10 aromatic carbocycles. The van der Waals surface area contributed by atoms with Crippen LogP contribution >= 0.6 is 0 Å². The Kier molecular flexibility index (Phi) is 6.28. The van der Waals surface area contributed by atoms with Crippen molar-refractivity contribution in [1.29, 1.82) is 0 Å². The Labute approximate surface area is 300 Å². The van der Waals surface area contributed by atoms with E-state index in [1.165, 1.54) is 59.6 Å². The van der Waals surface area contributed by atoms with E-state index in [9.17, 15) is 0 Å². The Morgan fingerprint density at radius 1 is 0.308 bits per heavy atom. The first-order chi connectivity index (χ1) is 25.8. The monoisotopic (exact) mass is 661 g/mol. The van der Waals surface area contributed by atoms with E-state index in [1.54, 1.807) is 0 Å². The third-order valence-corrected chi connectivity index (χ3v) is 10.8. The fourth-order valence-electron chi connectivity index (χ4n) is 8.29. The van der Waals surface area contributed by atoms with E-state index in [1.807, 2.05) is 0 Å². The number of hydrogen-bond donors (Lipinski definition) is 0. The normalized spacial score (nSPS) is 11.8. The number of furan rings is 1. The van der Waals surface area contributed by atoms with Gasteiger partial charge in [-0.3, -0.25) is 0 Å². The van der Waals surface area contributed by atoms with Crippen LogP contribution in [0.15, 0.2) is 192 Å². The Bertz CT molecular complexity index is 3190. The molecule has 0 spiro atoms. The van der Waals surface area contributed by atoms with Gasteiger partial charge in [-0.15, -0.1) is 0 Å². The van der Waals surface area contributed by atoms with Gasteiger partial charge in [-0.05, 0) is 102 Å². The molecule has 0 saturated heterocycles. The molecule has 11 aromatic rings. The van der Waals surface area contributed by atoms with Gasteiger partial charge in [-0.2, -0.15) is 0 Å². The smallest absolute Gasteiger partial charge is 0.143 e. The maximum Gasteiger partial charge on any atom is 0.143 e. The second kappa shape index (κ2) is 11.3. The third kappa shape index (κ3) is 4.44. The highest BCUT2D eigenvalue weighted by Gasteiger charge is 2.18. The first kappa shape index (κ1) is 28.9. The summed E-state index contributed by atoms with van der Waals surface area (Å²) in [4.78, 5) is 2.35. The molecular weight excluding hydrogens is 631 g/mol. The van der Waals surface area contributed by atoms with Crippen LogP contribution in [-0.4, -0.2) is 0 Å². The summed E-state index contributed by atoms with van der Waals surface area (Å²) in [6, 6.07) is 68.1. The average Bonchev–Trinajstić information content (AvgIpc) is 3.59. The Morgan fingerprint density at radius 2 is 0.827 bits per heavy atom. The first-order valence-corrected chi connectivity index (χ1v) is 17.8. The van der Waals surface area contributed by atoms with E-state index in [4.69, 9.17) is 4.42 Å². The lowest BCUT2D eigenvalue weighted by atomic mass is 9.94. The van der Waals surface area contributed by atoms with Gasteiger partial charge in [0.25, 0.3) is 0 Å². The maximum atomic E-state index is 6.68. The number of rotatable bonds is 4. The summed E-state index contributed by atoms with van der Waals surface area (Å²) in [7, 11) is 0. The van der Waals surface area contributed by atoms with Crippen LogP contribution in [0.3, 0.4) is 0 Å². The Balaban J connectivity index is 1.09. The van der Waals surface area contributed by atoms with Crippen LogP contribution in [0, 0.1) is 0 Å². The van der Waals surface area contributed by atoms with E-state index in [2.05, 4.69) is 193 Å². The van der Waals surface area contributed by atoms with E-state index in [0.717, 1.165) is 44.4 Å². The van der Waals surface area contributed by atoms with Gasteiger partial charge < -0.3 is 9.32 Å². The highest BCUT2D eigenvalue weighted by molar-refractivity contribution is 6.16. The zero-order valence-corrected chi connectivity index (χ0v) is 28.3. The summed E-state index contributed by atoms with van der Waals surface area (Å²) in [5.74, 6) is 0. The summed E-state index contributed by atoms with van der Waals surface area (Å²) in [5.41, 5.74) is 7.44. The zero-order valence-electron chi connectivity index (χ0n) is 28.3. The van der Waals surface area contributed by atoms with Crippen molar-refractivity contribution in [2.24, 2.45) is 0 Å². The van der Waals surface area contributed by atoms with Crippen molar-refractivity contribution in [2.45, 2.75) is 0 Å². The second-order valence-corrected chi connectivity index (χ2v) is 13.7. The summed E-state index contributed by atoms with van der Waals surface area (Å²) in [6.07, 6.45) is 0. The predicted octanol–water partition coefficient (Wildman–Crippen LogP) is 14.5. The van der Waals surface area contributed by atoms with Crippen LogP contribution in [0.2, 0.25) is 0 Å². The van der Waals surface area contributed by atoms with Crippen LogP contribution in [0.1, 0.15) is 0 Å². The second-order valence-electron chi connectivity index (χ2n) is 13.7. The molecule has 0 aliphatic heterocycles. The van der Waals surface area contributed by atoms with Crippen LogP contribution in [0.5, 0.6) is 0 Å². The van der Waals surface area contributed by atoms with Gasteiger partial charge in [-0.1, -0.05) is 140 Å². The van der Waals surface area contributed by atoms with Gasteiger partial charge >= 0.3 is 0 Å². The molecule has 0 fully saturated rings. The van der Waals surface area contributed by atoms with Crippen molar-refractivity contribution in [2.75, 3.05) is 4.90 Å². The summed E-state index contributed by atoms with van der Waals surface area (Å²) < 4.78 is 6.68. The fourth-order valence-corrected chi connectivity index (χ4v) is 8.29. The van der Waals surface area contributed by atoms with Crippen molar-refractivity contribution in [3.8, 4) is 11.1 Å². The number of anilines is 3. The van der Waals surface area contributed by atoms with E-state index in [-0.39, 0.29) is 0 Å². The molecule has 0 unspecified atom stereocenters. The van der Waals surface area contributed by atoms with Crippen molar-refractivity contribution >= 4 is 92.9 Å². The number of fused-ring (bicyclic) bond motifs is 11. The molecule has 0 amide bonds. The van der Waals surface area contributed by atoms with Crippen LogP contribution in [0.25, 0.3) is 86.9 Å². The summed E-state index contributed by atoms with van der Waals surface area (Å²) in [6.45, 7) is 0. The van der Waals surface area contributed by atoms with Gasteiger partial charge in [0.05, 0.1) is 0 Å². The largest absolute Gasteiger partial charge is 0.455 e. The fraction of sp³-hybridized carbons (Fsp3) is 0. The highest BCUT2D eigenvalue weighted by Crippen LogP contribution is 2.42. The van der Waals surface area contributed by atoms with E-state index >= 15 is 0 Å². The molecular formula is C50H31NO. The topological polar surface area (TPSA) is 16.4 Å². The van der Waals surface area contributed by atoms with Crippen LogP contribution in [0.4, 0.5) is 17.1 Å². The van der Waals surface area contributed by atoms with Gasteiger partial charge in [0.2, 0.25) is 0 Å². The molecule has 242 valence electrons. The molecule has 0 saturated carbocycles. The predicted molar refractivity (Wildman–Crippen MR) is 221 cm³/mol. The van der Waals surface area contributed by atoms with Gasteiger partial charge in [-0.25, -0.2) is 0 Å². The Morgan fingerprint density at radius 3 is 1.60 bits per heavy atom. The minimum absolute atomic E-state index is 0.875. The molecule has 1 heterocycles. The van der Waals surface area contributed by atoms with Crippen LogP contribution < -0.4 is 4.90 Å². The minimum atomic E-state index is 0.875.